The van der Waals surface area contributed by atoms with Crippen LogP contribution in [0.15, 0.2) is 12.2 Å². The van der Waals surface area contributed by atoms with Gasteiger partial charge in [-0.05, 0) is 26.1 Å². The lowest BCUT2D eigenvalue weighted by atomic mass is 10.4. The molecule has 0 aromatic heterocycles. The molecule has 0 amide bonds. The van der Waals surface area contributed by atoms with Crippen molar-refractivity contribution in [1.82, 2.24) is 0 Å². The Labute approximate surface area is 118 Å². The van der Waals surface area contributed by atoms with E-state index in [1.165, 1.54) is 18.9 Å². The Morgan fingerprint density at radius 1 is 1.16 bits per heavy atom. The van der Waals surface area contributed by atoms with Crippen LogP contribution in [0.3, 0.4) is 0 Å². The molecule has 0 saturated heterocycles. The zero-order chi connectivity index (χ0) is 14.7. The normalized spacial score (nSPS) is 11.4. The second-order valence-electron chi connectivity index (χ2n) is 5.24. The summed E-state index contributed by atoms with van der Waals surface area (Å²) >= 11 is 0. The highest BCUT2D eigenvalue weighted by molar-refractivity contribution is 6.71. The first-order valence-electron chi connectivity index (χ1n) is 6.93. The molecular weight excluding hydrogens is 260 g/mol. The number of unbranched alkanes of at least 4 members (excludes halogenated alkanes) is 1. The summed E-state index contributed by atoms with van der Waals surface area (Å²) in [5.41, 5.74) is 0.409. The predicted molar refractivity (Wildman–Crippen MR) is 79.7 cm³/mol. The van der Waals surface area contributed by atoms with Crippen molar-refractivity contribution in [2.45, 2.75) is 45.8 Å². The molecule has 0 aromatic carbocycles. The summed E-state index contributed by atoms with van der Waals surface area (Å²) in [5, 5.41) is 0. The molecule has 0 rings (SSSR count). The predicted octanol–water partition coefficient (Wildman–Crippen LogP) is 3.14. The third-order valence-electron chi connectivity index (χ3n) is 2.66. The van der Waals surface area contributed by atoms with Gasteiger partial charge in [-0.15, -0.1) is 0 Å². The zero-order valence-electron chi connectivity index (χ0n) is 12.8. The lowest BCUT2D eigenvalue weighted by molar-refractivity contribution is -0.140. The molecule has 0 atom stereocenters. The van der Waals surface area contributed by atoms with E-state index in [1.54, 1.807) is 6.92 Å². The summed E-state index contributed by atoms with van der Waals surface area (Å²) in [4.78, 5) is 11.1. The fourth-order valence-corrected chi connectivity index (χ4v) is 3.46. The first kappa shape index (κ1) is 18.3. The molecule has 4 nitrogen and oxygen atoms in total. The van der Waals surface area contributed by atoms with E-state index < -0.39 is 8.32 Å². The van der Waals surface area contributed by atoms with Crippen LogP contribution < -0.4 is 0 Å². The van der Waals surface area contributed by atoms with Gasteiger partial charge in [-0.2, -0.15) is 0 Å². The van der Waals surface area contributed by atoms with E-state index in [1.807, 2.05) is 0 Å². The molecule has 0 aliphatic carbocycles. The molecule has 0 saturated carbocycles. The van der Waals surface area contributed by atoms with Crippen LogP contribution in [0, 0.1) is 0 Å². The monoisotopic (exact) mass is 288 g/mol. The second kappa shape index (κ2) is 10.2. The van der Waals surface area contributed by atoms with Crippen LogP contribution in [0.25, 0.3) is 0 Å². The van der Waals surface area contributed by atoms with Crippen molar-refractivity contribution in [2.75, 3.05) is 26.4 Å². The maximum atomic E-state index is 11.1. The molecule has 0 unspecified atom stereocenters. The highest BCUT2D eigenvalue weighted by atomic mass is 28.4. The molecule has 0 heterocycles. The number of esters is 1. The van der Waals surface area contributed by atoms with Crippen molar-refractivity contribution in [3.63, 3.8) is 0 Å². The van der Waals surface area contributed by atoms with Crippen molar-refractivity contribution < 1.29 is 18.7 Å². The summed E-state index contributed by atoms with van der Waals surface area (Å²) in [5.74, 6) is -0.368. The van der Waals surface area contributed by atoms with Gasteiger partial charge in [-0.3, -0.25) is 0 Å². The van der Waals surface area contributed by atoms with Crippen molar-refractivity contribution in [2.24, 2.45) is 0 Å². The average molecular weight is 288 g/mol. The lowest BCUT2D eigenvalue weighted by Gasteiger charge is -2.22. The Bertz CT molecular complexity index is 277. The lowest BCUT2D eigenvalue weighted by Crippen LogP contribution is -2.31. The molecule has 0 aliphatic rings. The maximum Gasteiger partial charge on any atom is 0.333 e. The van der Waals surface area contributed by atoms with Crippen LogP contribution >= 0.6 is 0 Å². The summed E-state index contributed by atoms with van der Waals surface area (Å²) in [6.07, 6.45) is 2.45. The number of ether oxygens (including phenoxy) is 2. The molecule has 0 aromatic rings. The molecule has 112 valence electrons. The van der Waals surface area contributed by atoms with Gasteiger partial charge in [0.15, 0.2) is 8.32 Å². The maximum absolute atomic E-state index is 11.1. The topological polar surface area (TPSA) is 44.8 Å². The standard InChI is InChI=1S/C14H28O4Si/c1-6-7-12-19(4,5)18-11-9-16-8-10-17-14(15)13(2)3/h2,6-12H2,1,3-5H3. The van der Waals surface area contributed by atoms with E-state index >= 15 is 0 Å². The van der Waals surface area contributed by atoms with E-state index in [0.717, 1.165) is 0 Å². The fraction of sp³-hybridized carbons (Fsp3) is 0.786. The van der Waals surface area contributed by atoms with Gasteiger partial charge >= 0.3 is 5.97 Å². The van der Waals surface area contributed by atoms with Crippen molar-refractivity contribution in [1.29, 1.82) is 0 Å². The molecular formula is C14H28O4Si. The molecule has 0 N–H and O–H groups in total. The Balaban J connectivity index is 3.45. The van der Waals surface area contributed by atoms with Crippen molar-refractivity contribution in [3.8, 4) is 0 Å². The van der Waals surface area contributed by atoms with Gasteiger partial charge in [0.25, 0.3) is 0 Å². The molecule has 19 heavy (non-hydrogen) atoms. The minimum Gasteiger partial charge on any atom is -0.460 e. The second-order valence-corrected chi connectivity index (χ2v) is 9.55. The summed E-state index contributed by atoms with van der Waals surface area (Å²) in [6.45, 7) is 13.6. The average Bonchev–Trinajstić information content (AvgIpc) is 2.34. The fourth-order valence-electron chi connectivity index (χ4n) is 1.47. The van der Waals surface area contributed by atoms with Gasteiger partial charge < -0.3 is 13.9 Å². The Hall–Kier alpha value is -0.653. The summed E-state index contributed by atoms with van der Waals surface area (Å²) in [7, 11) is -1.50. The summed E-state index contributed by atoms with van der Waals surface area (Å²) in [6, 6.07) is 1.19. The van der Waals surface area contributed by atoms with E-state index in [0.29, 0.717) is 25.4 Å². The molecule has 0 fully saturated rings. The van der Waals surface area contributed by atoms with Gasteiger partial charge in [0.05, 0.1) is 19.8 Å². The van der Waals surface area contributed by atoms with E-state index in [-0.39, 0.29) is 12.6 Å². The van der Waals surface area contributed by atoms with Gasteiger partial charge in [0, 0.05) is 5.57 Å². The molecule has 0 bridgehead atoms. The Kier molecular flexibility index (Phi) is 9.82. The first-order chi connectivity index (χ1) is 8.89. The van der Waals surface area contributed by atoms with Crippen LogP contribution in [0.1, 0.15) is 26.7 Å². The molecule has 0 spiro atoms. The van der Waals surface area contributed by atoms with Gasteiger partial charge in [0.1, 0.15) is 6.61 Å². The van der Waals surface area contributed by atoms with Crippen LogP contribution in [0.5, 0.6) is 0 Å². The molecule has 0 radical (unpaired) electrons. The zero-order valence-corrected chi connectivity index (χ0v) is 13.8. The number of hydrogen-bond donors (Lipinski definition) is 0. The number of rotatable bonds is 11. The van der Waals surface area contributed by atoms with Crippen molar-refractivity contribution >= 4 is 14.3 Å². The van der Waals surface area contributed by atoms with Crippen LogP contribution in [0.2, 0.25) is 19.1 Å². The number of carbonyl (C=O) groups excluding carboxylic acids is 1. The quantitative estimate of drug-likeness (QED) is 0.253. The summed E-state index contributed by atoms with van der Waals surface area (Å²) < 4.78 is 16.2. The van der Waals surface area contributed by atoms with E-state index in [2.05, 4.69) is 26.6 Å². The van der Waals surface area contributed by atoms with Gasteiger partial charge in [-0.25, -0.2) is 4.79 Å². The van der Waals surface area contributed by atoms with Crippen LogP contribution in [0.4, 0.5) is 0 Å². The first-order valence-corrected chi connectivity index (χ1v) is 10.0. The minimum atomic E-state index is -1.50. The van der Waals surface area contributed by atoms with Gasteiger partial charge in [-0.1, -0.05) is 26.3 Å². The smallest absolute Gasteiger partial charge is 0.333 e. The minimum absolute atomic E-state index is 0.266. The largest absolute Gasteiger partial charge is 0.460 e. The van der Waals surface area contributed by atoms with E-state index in [9.17, 15) is 4.79 Å². The third kappa shape index (κ3) is 10.9. The van der Waals surface area contributed by atoms with Gasteiger partial charge in [0.2, 0.25) is 0 Å². The van der Waals surface area contributed by atoms with Crippen LogP contribution in [-0.2, 0) is 18.7 Å². The third-order valence-corrected chi connectivity index (χ3v) is 5.21. The van der Waals surface area contributed by atoms with E-state index in [4.69, 9.17) is 13.9 Å². The number of carbonyl (C=O) groups is 1. The highest BCUT2D eigenvalue weighted by Crippen LogP contribution is 2.14. The highest BCUT2D eigenvalue weighted by Gasteiger charge is 2.20. The Morgan fingerprint density at radius 2 is 1.79 bits per heavy atom. The van der Waals surface area contributed by atoms with Crippen molar-refractivity contribution in [3.05, 3.63) is 12.2 Å². The number of hydrogen-bond acceptors (Lipinski definition) is 4. The molecule has 0 aliphatic heterocycles. The Morgan fingerprint density at radius 3 is 2.37 bits per heavy atom. The molecule has 5 heteroatoms. The van der Waals surface area contributed by atoms with Crippen LogP contribution in [-0.4, -0.2) is 40.7 Å². The SMILES string of the molecule is C=C(C)C(=O)OCCOCCO[Si](C)(C)CCCC.